The Morgan fingerprint density at radius 1 is 1.36 bits per heavy atom. The van der Waals surface area contributed by atoms with E-state index in [1.807, 2.05) is 6.08 Å². The first kappa shape index (κ1) is 17.6. The van der Waals surface area contributed by atoms with Gasteiger partial charge in [-0.1, -0.05) is 12.2 Å². The van der Waals surface area contributed by atoms with Crippen molar-refractivity contribution in [1.29, 1.82) is 0 Å². The molecule has 6 heteroatoms. The van der Waals surface area contributed by atoms with Crippen LogP contribution in [-0.2, 0) is 4.74 Å². The van der Waals surface area contributed by atoms with E-state index in [9.17, 15) is 9.59 Å². The summed E-state index contributed by atoms with van der Waals surface area (Å²) in [4.78, 5) is 22.3. The van der Waals surface area contributed by atoms with Gasteiger partial charge in [-0.2, -0.15) is 0 Å². The number of anilines is 1. The number of carbonyl (C=O) groups is 2. The Labute approximate surface area is 130 Å². The topological polar surface area (TPSA) is 102 Å². The van der Waals surface area contributed by atoms with Crippen LogP contribution in [0.15, 0.2) is 24.3 Å². The number of nitrogens with one attached hydrogen (secondary N) is 1. The standard InChI is InChI=1S/C16H22N2O4/c1-16(2,3)22-15(21)18-9-5-4-6-11-10-12(14(19)20)7-8-13(11)17/h4,6-8,10H,5,9,17H2,1-3H3,(H,18,21)(H,19,20). The summed E-state index contributed by atoms with van der Waals surface area (Å²) in [6.45, 7) is 5.81. The van der Waals surface area contributed by atoms with Crippen LogP contribution in [-0.4, -0.2) is 29.3 Å². The van der Waals surface area contributed by atoms with Crippen molar-refractivity contribution >= 4 is 23.8 Å². The normalized spacial score (nSPS) is 11.4. The molecule has 4 N–H and O–H groups in total. The monoisotopic (exact) mass is 306 g/mol. The summed E-state index contributed by atoms with van der Waals surface area (Å²) in [6.07, 6.45) is 3.66. The highest BCUT2D eigenvalue weighted by molar-refractivity contribution is 5.89. The molecule has 1 aromatic carbocycles. The Balaban J connectivity index is 2.48. The second-order valence-electron chi connectivity index (χ2n) is 5.77. The van der Waals surface area contributed by atoms with Gasteiger partial charge in [0.1, 0.15) is 5.60 Å². The van der Waals surface area contributed by atoms with E-state index in [-0.39, 0.29) is 5.56 Å². The van der Waals surface area contributed by atoms with Gasteiger partial charge in [0.2, 0.25) is 0 Å². The molecule has 0 unspecified atom stereocenters. The Kier molecular flexibility index (Phi) is 5.98. The number of hydrogen-bond acceptors (Lipinski definition) is 4. The van der Waals surface area contributed by atoms with Crippen molar-refractivity contribution in [2.75, 3.05) is 12.3 Å². The van der Waals surface area contributed by atoms with Gasteiger partial charge < -0.3 is 20.9 Å². The fourth-order valence-corrected chi connectivity index (χ4v) is 1.63. The van der Waals surface area contributed by atoms with E-state index in [1.165, 1.54) is 12.1 Å². The third-order valence-electron chi connectivity index (χ3n) is 2.61. The van der Waals surface area contributed by atoms with E-state index in [1.54, 1.807) is 32.9 Å². The second-order valence-corrected chi connectivity index (χ2v) is 5.77. The SMILES string of the molecule is CC(C)(C)OC(=O)NCCC=Cc1cc(C(=O)O)ccc1N. The zero-order valence-corrected chi connectivity index (χ0v) is 13.1. The number of aromatic carboxylic acids is 1. The summed E-state index contributed by atoms with van der Waals surface area (Å²) in [6, 6.07) is 4.52. The Bertz CT molecular complexity index is 574. The van der Waals surface area contributed by atoms with Gasteiger partial charge in [-0.3, -0.25) is 0 Å². The highest BCUT2D eigenvalue weighted by Gasteiger charge is 2.15. The lowest BCUT2D eigenvalue weighted by Gasteiger charge is -2.19. The maximum atomic E-state index is 11.4. The Hall–Kier alpha value is -2.50. The van der Waals surface area contributed by atoms with Crippen LogP contribution >= 0.6 is 0 Å². The van der Waals surface area contributed by atoms with Crippen molar-refractivity contribution in [3.05, 3.63) is 35.4 Å². The number of carbonyl (C=O) groups excluding carboxylic acids is 1. The van der Waals surface area contributed by atoms with Crippen LogP contribution in [0.4, 0.5) is 10.5 Å². The summed E-state index contributed by atoms with van der Waals surface area (Å²) in [7, 11) is 0. The minimum absolute atomic E-state index is 0.181. The van der Waals surface area contributed by atoms with Crippen molar-refractivity contribution in [2.45, 2.75) is 32.8 Å². The van der Waals surface area contributed by atoms with Gasteiger partial charge in [0.25, 0.3) is 0 Å². The first-order valence-electron chi connectivity index (χ1n) is 6.95. The second kappa shape index (κ2) is 7.49. The molecule has 1 amide bonds. The highest BCUT2D eigenvalue weighted by atomic mass is 16.6. The van der Waals surface area contributed by atoms with E-state index in [2.05, 4.69) is 5.32 Å². The first-order chi connectivity index (χ1) is 10.2. The molecular weight excluding hydrogens is 284 g/mol. The van der Waals surface area contributed by atoms with Gasteiger partial charge in [0.05, 0.1) is 5.56 Å². The molecule has 120 valence electrons. The van der Waals surface area contributed by atoms with Gasteiger partial charge in [-0.15, -0.1) is 0 Å². The fraction of sp³-hybridized carbons (Fsp3) is 0.375. The van der Waals surface area contributed by atoms with Gasteiger partial charge in [0, 0.05) is 12.2 Å². The molecule has 22 heavy (non-hydrogen) atoms. The van der Waals surface area contributed by atoms with Crippen LogP contribution in [0.2, 0.25) is 0 Å². The van der Waals surface area contributed by atoms with Crippen molar-refractivity contribution in [3.8, 4) is 0 Å². The molecule has 0 saturated heterocycles. The molecule has 0 saturated carbocycles. The summed E-state index contributed by atoms with van der Waals surface area (Å²) in [5.74, 6) is -0.999. The van der Waals surface area contributed by atoms with E-state index in [0.29, 0.717) is 24.2 Å². The van der Waals surface area contributed by atoms with Gasteiger partial charge in [0.15, 0.2) is 0 Å². The number of carboxylic acid groups (broad SMARTS) is 1. The molecule has 0 heterocycles. The number of alkyl carbamates (subject to hydrolysis) is 1. The van der Waals surface area contributed by atoms with Crippen LogP contribution in [0, 0.1) is 0 Å². The minimum Gasteiger partial charge on any atom is -0.478 e. The average Bonchev–Trinajstić information content (AvgIpc) is 2.37. The lowest BCUT2D eigenvalue weighted by molar-refractivity contribution is 0.0528. The lowest BCUT2D eigenvalue weighted by atomic mass is 10.1. The predicted octanol–water partition coefficient (Wildman–Crippen LogP) is 2.90. The predicted molar refractivity (Wildman–Crippen MR) is 85.7 cm³/mol. The van der Waals surface area contributed by atoms with Crippen LogP contribution < -0.4 is 11.1 Å². The van der Waals surface area contributed by atoms with Crippen LogP contribution in [0.3, 0.4) is 0 Å². The summed E-state index contributed by atoms with van der Waals surface area (Å²) >= 11 is 0. The molecule has 0 spiro atoms. The molecule has 0 radical (unpaired) electrons. The summed E-state index contributed by atoms with van der Waals surface area (Å²) in [5.41, 5.74) is 6.58. The molecule has 0 aliphatic rings. The molecule has 0 aliphatic heterocycles. The maximum Gasteiger partial charge on any atom is 0.407 e. The van der Waals surface area contributed by atoms with Crippen molar-refractivity contribution in [2.24, 2.45) is 0 Å². The molecular formula is C16H22N2O4. The van der Waals surface area contributed by atoms with Crippen molar-refractivity contribution in [1.82, 2.24) is 5.32 Å². The zero-order valence-electron chi connectivity index (χ0n) is 13.1. The molecule has 0 aliphatic carbocycles. The highest BCUT2D eigenvalue weighted by Crippen LogP contribution is 2.16. The van der Waals surface area contributed by atoms with Gasteiger partial charge in [-0.25, -0.2) is 9.59 Å². The minimum atomic E-state index is -0.999. The molecule has 0 bridgehead atoms. The summed E-state index contributed by atoms with van der Waals surface area (Å²) in [5, 5.41) is 11.6. The number of nitrogen functional groups attached to an aromatic ring is 1. The Morgan fingerprint density at radius 3 is 2.64 bits per heavy atom. The average molecular weight is 306 g/mol. The first-order valence-corrected chi connectivity index (χ1v) is 6.95. The molecule has 6 nitrogen and oxygen atoms in total. The number of hydrogen-bond donors (Lipinski definition) is 3. The third-order valence-corrected chi connectivity index (χ3v) is 2.61. The van der Waals surface area contributed by atoms with E-state index < -0.39 is 17.7 Å². The zero-order chi connectivity index (χ0) is 16.8. The fourth-order valence-electron chi connectivity index (χ4n) is 1.63. The maximum absolute atomic E-state index is 11.4. The Morgan fingerprint density at radius 2 is 2.05 bits per heavy atom. The van der Waals surface area contributed by atoms with E-state index in [4.69, 9.17) is 15.6 Å². The number of amides is 1. The molecule has 1 aromatic rings. The molecule has 1 rings (SSSR count). The van der Waals surface area contributed by atoms with Crippen LogP contribution in [0.1, 0.15) is 43.1 Å². The van der Waals surface area contributed by atoms with Gasteiger partial charge >= 0.3 is 12.1 Å². The van der Waals surface area contributed by atoms with Crippen LogP contribution in [0.25, 0.3) is 6.08 Å². The summed E-state index contributed by atoms with van der Waals surface area (Å²) < 4.78 is 5.10. The van der Waals surface area contributed by atoms with Crippen LogP contribution in [0.5, 0.6) is 0 Å². The van der Waals surface area contributed by atoms with Crippen molar-refractivity contribution in [3.63, 3.8) is 0 Å². The number of carboxylic acids is 1. The lowest BCUT2D eigenvalue weighted by Crippen LogP contribution is -2.32. The van der Waals surface area contributed by atoms with E-state index in [0.717, 1.165) is 0 Å². The third kappa shape index (κ3) is 6.30. The largest absolute Gasteiger partial charge is 0.478 e. The number of ether oxygens (including phenoxy) is 1. The van der Waals surface area contributed by atoms with E-state index >= 15 is 0 Å². The van der Waals surface area contributed by atoms with Gasteiger partial charge in [-0.05, 0) is 51.0 Å². The number of rotatable bonds is 5. The quantitative estimate of drug-likeness (QED) is 0.573. The number of benzene rings is 1. The number of nitrogens with two attached hydrogens (primary N) is 1. The molecule has 0 aromatic heterocycles. The smallest absolute Gasteiger partial charge is 0.407 e. The molecule has 0 atom stereocenters. The molecule has 0 fully saturated rings. The van der Waals surface area contributed by atoms with Crippen molar-refractivity contribution < 1.29 is 19.4 Å².